The molecule has 0 aromatic heterocycles. The number of hydrogen-bond donors (Lipinski definition) is 3. The lowest BCUT2D eigenvalue weighted by Gasteiger charge is -2.14. The van der Waals surface area contributed by atoms with Crippen molar-refractivity contribution < 1.29 is 9.59 Å². The van der Waals surface area contributed by atoms with Crippen LogP contribution >= 0.6 is 12.4 Å². The van der Waals surface area contributed by atoms with Gasteiger partial charge in [0.2, 0.25) is 11.8 Å². The fourth-order valence-corrected chi connectivity index (χ4v) is 1.43. The molecule has 2 unspecified atom stereocenters. The summed E-state index contributed by atoms with van der Waals surface area (Å²) in [6, 6.07) is 8.29. The van der Waals surface area contributed by atoms with Crippen molar-refractivity contribution >= 4 is 29.9 Å². The van der Waals surface area contributed by atoms with E-state index in [9.17, 15) is 9.59 Å². The third-order valence-corrected chi connectivity index (χ3v) is 2.32. The number of amides is 2. The lowest BCUT2D eigenvalue weighted by atomic mass is 10.2. The molecule has 1 aromatic rings. The molecule has 5 nitrogen and oxygen atoms in total. The third kappa shape index (κ3) is 6.79. The van der Waals surface area contributed by atoms with E-state index in [1.54, 1.807) is 26.0 Å². The van der Waals surface area contributed by atoms with Crippen LogP contribution in [0, 0.1) is 0 Å². The van der Waals surface area contributed by atoms with Crippen molar-refractivity contribution in [1.82, 2.24) is 5.32 Å². The van der Waals surface area contributed by atoms with Gasteiger partial charge in [0, 0.05) is 18.2 Å². The third-order valence-electron chi connectivity index (χ3n) is 2.32. The first kappa shape index (κ1) is 17.4. The van der Waals surface area contributed by atoms with Gasteiger partial charge in [-0.25, -0.2) is 0 Å². The molecule has 19 heavy (non-hydrogen) atoms. The fraction of sp³-hybridized carbons (Fsp3) is 0.385. The maximum atomic E-state index is 11.8. The minimum Gasteiger partial charge on any atom is -0.345 e. The largest absolute Gasteiger partial charge is 0.345 e. The van der Waals surface area contributed by atoms with E-state index in [2.05, 4.69) is 10.6 Å². The first-order valence-electron chi connectivity index (χ1n) is 5.90. The molecule has 0 aliphatic rings. The van der Waals surface area contributed by atoms with Crippen LogP contribution in [0.5, 0.6) is 0 Å². The Morgan fingerprint density at radius 2 is 1.79 bits per heavy atom. The highest BCUT2D eigenvalue weighted by molar-refractivity contribution is 5.96. The molecule has 0 radical (unpaired) electrons. The molecule has 4 N–H and O–H groups in total. The van der Waals surface area contributed by atoms with E-state index in [0.29, 0.717) is 5.69 Å². The number of carbonyl (C=O) groups is 2. The Labute approximate surface area is 119 Å². The zero-order valence-electron chi connectivity index (χ0n) is 11.1. The quantitative estimate of drug-likeness (QED) is 0.762. The summed E-state index contributed by atoms with van der Waals surface area (Å²) in [5.74, 6) is -0.472. The zero-order valence-corrected chi connectivity index (χ0v) is 11.9. The number of halogens is 1. The molecule has 0 saturated heterocycles. The Kier molecular flexibility index (Phi) is 7.79. The number of anilines is 1. The van der Waals surface area contributed by atoms with Gasteiger partial charge in [0.1, 0.15) is 6.04 Å². The second kappa shape index (κ2) is 8.50. The molecule has 1 rings (SSSR count). The van der Waals surface area contributed by atoms with Crippen LogP contribution in [-0.2, 0) is 9.59 Å². The van der Waals surface area contributed by atoms with Gasteiger partial charge in [0.25, 0.3) is 0 Å². The zero-order chi connectivity index (χ0) is 13.5. The summed E-state index contributed by atoms with van der Waals surface area (Å²) in [6.07, 6.45) is 0.211. The van der Waals surface area contributed by atoms with Crippen LogP contribution in [0.4, 0.5) is 5.69 Å². The van der Waals surface area contributed by atoms with Crippen molar-refractivity contribution in [2.45, 2.75) is 32.4 Å². The molecule has 1 aromatic carbocycles. The van der Waals surface area contributed by atoms with Crippen molar-refractivity contribution in [1.29, 1.82) is 0 Å². The van der Waals surface area contributed by atoms with Gasteiger partial charge in [-0.05, 0) is 26.0 Å². The number of para-hydroxylation sites is 1. The Bertz CT molecular complexity index is 410. The monoisotopic (exact) mass is 285 g/mol. The van der Waals surface area contributed by atoms with Crippen molar-refractivity contribution in [2.24, 2.45) is 5.73 Å². The predicted octanol–water partition coefficient (Wildman–Crippen LogP) is 1.29. The number of hydrogen-bond acceptors (Lipinski definition) is 3. The van der Waals surface area contributed by atoms with E-state index in [1.807, 2.05) is 18.2 Å². The van der Waals surface area contributed by atoms with Crippen LogP contribution in [0.25, 0.3) is 0 Å². The molecule has 0 bridgehead atoms. The summed E-state index contributed by atoms with van der Waals surface area (Å²) >= 11 is 0. The maximum Gasteiger partial charge on any atom is 0.246 e. The molecule has 2 atom stereocenters. The highest BCUT2D eigenvalue weighted by atomic mass is 35.5. The van der Waals surface area contributed by atoms with Crippen LogP contribution in [0.2, 0.25) is 0 Å². The molecule has 0 fully saturated rings. The van der Waals surface area contributed by atoms with Crippen LogP contribution < -0.4 is 16.4 Å². The molecule has 2 amide bonds. The molecule has 0 spiro atoms. The van der Waals surface area contributed by atoms with Gasteiger partial charge in [-0.15, -0.1) is 12.4 Å². The molecule has 0 aliphatic carbocycles. The van der Waals surface area contributed by atoms with Gasteiger partial charge in [-0.3, -0.25) is 9.59 Å². The molecule has 106 valence electrons. The van der Waals surface area contributed by atoms with E-state index in [1.165, 1.54) is 0 Å². The molecule has 0 saturated carbocycles. The van der Waals surface area contributed by atoms with Gasteiger partial charge >= 0.3 is 0 Å². The van der Waals surface area contributed by atoms with Crippen LogP contribution in [0.1, 0.15) is 20.3 Å². The summed E-state index contributed by atoms with van der Waals surface area (Å²) in [5.41, 5.74) is 6.21. The van der Waals surface area contributed by atoms with E-state index in [4.69, 9.17) is 5.73 Å². The Morgan fingerprint density at radius 1 is 1.21 bits per heavy atom. The van der Waals surface area contributed by atoms with Crippen LogP contribution in [-0.4, -0.2) is 23.9 Å². The summed E-state index contributed by atoms with van der Waals surface area (Å²) in [7, 11) is 0. The minimum absolute atomic E-state index is 0. The van der Waals surface area contributed by atoms with Gasteiger partial charge in [-0.1, -0.05) is 18.2 Å². The summed E-state index contributed by atoms with van der Waals surface area (Å²) in [5, 5.41) is 5.32. The van der Waals surface area contributed by atoms with E-state index in [-0.39, 0.29) is 36.7 Å². The molecule has 0 heterocycles. The number of nitrogens with two attached hydrogens (primary N) is 1. The predicted molar refractivity (Wildman–Crippen MR) is 78.2 cm³/mol. The normalized spacial score (nSPS) is 12.8. The van der Waals surface area contributed by atoms with Gasteiger partial charge in [0.15, 0.2) is 0 Å². The lowest BCUT2D eigenvalue weighted by molar-refractivity contribution is -0.126. The average molecular weight is 286 g/mol. The molecular weight excluding hydrogens is 266 g/mol. The second-order valence-electron chi connectivity index (χ2n) is 4.33. The minimum atomic E-state index is -0.587. The van der Waals surface area contributed by atoms with Crippen LogP contribution in [0.3, 0.4) is 0 Å². The number of nitrogens with one attached hydrogen (secondary N) is 2. The number of carbonyl (C=O) groups excluding carboxylic acids is 2. The van der Waals surface area contributed by atoms with Crippen molar-refractivity contribution in [3.8, 4) is 0 Å². The topological polar surface area (TPSA) is 84.2 Å². The van der Waals surface area contributed by atoms with Crippen molar-refractivity contribution in [3.05, 3.63) is 30.3 Å². The smallest absolute Gasteiger partial charge is 0.246 e. The average Bonchev–Trinajstić information content (AvgIpc) is 2.28. The van der Waals surface area contributed by atoms with Gasteiger partial charge in [-0.2, -0.15) is 0 Å². The fourth-order valence-electron chi connectivity index (χ4n) is 1.43. The van der Waals surface area contributed by atoms with E-state index < -0.39 is 6.04 Å². The number of benzene rings is 1. The highest BCUT2D eigenvalue weighted by Crippen LogP contribution is 2.05. The standard InChI is InChI=1S/C13H19N3O2.ClH/c1-9(14)8-12(17)15-10(2)13(18)16-11-6-4-3-5-7-11;/h3-7,9-10H,8,14H2,1-2H3,(H,15,17)(H,16,18);1H. The number of rotatable bonds is 5. The molecular formula is C13H20ClN3O2. The molecule has 0 aliphatic heterocycles. The SMILES string of the molecule is CC(N)CC(=O)NC(C)C(=O)Nc1ccccc1.Cl. The highest BCUT2D eigenvalue weighted by Gasteiger charge is 2.16. The maximum absolute atomic E-state index is 11.8. The van der Waals surface area contributed by atoms with Gasteiger partial charge < -0.3 is 16.4 Å². The first-order chi connectivity index (χ1) is 8.49. The first-order valence-corrected chi connectivity index (χ1v) is 5.90. The van der Waals surface area contributed by atoms with Gasteiger partial charge in [0.05, 0.1) is 0 Å². The Morgan fingerprint density at radius 3 is 2.32 bits per heavy atom. The lowest BCUT2D eigenvalue weighted by Crippen LogP contribution is -2.43. The summed E-state index contributed by atoms with van der Waals surface area (Å²) < 4.78 is 0. The Balaban J connectivity index is 0.00000324. The van der Waals surface area contributed by atoms with Crippen molar-refractivity contribution in [3.63, 3.8) is 0 Å². The van der Waals surface area contributed by atoms with Crippen LogP contribution in [0.15, 0.2) is 30.3 Å². The summed E-state index contributed by atoms with van der Waals surface area (Å²) in [6.45, 7) is 3.38. The summed E-state index contributed by atoms with van der Waals surface area (Å²) in [4.78, 5) is 23.2. The van der Waals surface area contributed by atoms with E-state index in [0.717, 1.165) is 0 Å². The second-order valence-corrected chi connectivity index (χ2v) is 4.33. The van der Waals surface area contributed by atoms with E-state index >= 15 is 0 Å². The van der Waals surface area contributed by atoms with Crippen molar-refractivity contribution in [2.75, 3.05) is 5.32 Å². The molecule has 6 heteroatoms. The Hall–Kier alpha value is -1.59.